The van der Waals surface area contributed by atoms with Gasteiger partial charge in [0.25, 0.3) is 0 Å². The Bertz CT molecular complexity index is 510. The number of urea groups is 1. The van der Waals surface area contributed by atoms with Crippen molar-refractivity contribution in [2.75, 3.05) is 25.0 Å². The van der Waals surface area contributed by atoms with E-state index in [0.29, 0.717) is 19.6 Å². The number of carbonyl (C=O) groups is 1. The number of β-amino-alcohol motifs (C(OH)–C–C–N with tert-alkyl or cyclic N) is 1. The highest BCUT2D eigenvalue weighted by Crippen LogP contribution is 2.27. The molecule has 0 radical (unpaired) electrons. The highest BCUT2D eigenvalue weighted by atomic mass is 16.3. The van der Waals surface area contributed by atoms with E-state index in [2.05, 4.69) is 26.1 Å². The van der Waals surface area contributed by atoms with E-state index in [1.54, 1.807) is 16.8 Å². The molecule has 0 bridgehead atoms. The van der Waals surface area contributed by atoms with Crippen molar-refractivity contribution in [3.63, 3.8) is 0 Å². The molecule has 1 heterocycles. The summed E-state index contributed by atoms with van der Waals surface area (Å²) in [5.41, 5.74) is 1.95. The Hall–Kier alpha value is -1.59. The zero-order valence-electron chi connectivity index (χ0n) is 13.3. The van der Waals surface area contributed by atoms with Crippen LogP contribution in [-0.2, 0) is 6.54 Å². The van der Waals surface area contributed by atoms with Gasteiger partial charge in [-0.25, -0.2) is 4.79 Å². The van der Waals surface area contributed by atoms with Crippen molar-refractivity contribution < 1.29 is 9.90 Å². The van der Waals surface area contributed by atoms with E-state index in [4.69, 9.17) is 0 Å². The van der Waals surface area contributed by atoms with Crippen LogP contribution in [0.1, 0.15) is 26.3 Å². The Morgan fingerprint density at radius 1 is 1.33 bits per heavy atom. The highest BCUT2D eigenvalue weighted by Gasteiger charge is 2.29. The molecule has 0 saturated carbocycles. The summed E-state index contributed by atoms with van der Waals surface area (Å²) in [6, 6.07) is 7.78. The first-order valence-corrected chi connectivity index (χ1v) is 7.31. The molecule has 0 saturated heterocycles. The van der Waals surface area contributed by atoms with Gasteiger partial charge in [0, 0.05) is 25.7 Å². The van der Waals surface area contributed by atoms with Gasteiger partial charge in [0.15, 0.2) is 0 Å². The van der Waals surface area contributed by atoms with Gasteiger partial charge in [-0.2, -0.15) is 0 Å². The van der Waals surface area contributed by atoms with Crippen molar-refractivity contribution in [1.29, 1.82) is 0 Å². The van der Waals surface area contributed by atoms with Crippen molar-refractivity contribution in [3.05, 3.63) is 29.8 Å². The molecule has 116 valence electrons. The SMILES string of the molecule is CN1Cc2ccccc2N(CC(O)CNC(C)(C)C)C1=O. The average molecular weight is 291 g/mol. The molecule has 0 fully saturated rings. The lowest BCUT2D eigenvalue weighted by atomic mass is 10.1. The van der Waals surface area contributed by atoms with Gasteiger partial charge in [0.1, 0.15) is 0 Å². The van der Waals surface area contributed by atoms with E-state index in [0.717, 1.165) is 11.3 Å². The third-order valence-corrected chi connectivity index (χ3v) is 3.51. The summed E-state index contributed by atoms with van der Waals surface area (Å²) in [4.78, 5) is 15.7. The number of aliphatic hydroxyl groups is 1. The summed E-state index contributed by atoms with van der Waals surface area (Å²) in [7, 11) is 1.78. The lowest BCUT2D eigenvalue weighted by Gasteiger charge is -2.36. The third kappa shape index (κ3) is 3.95. The molecule has 1 atom stereocenters. The molecular weight excluding hydrogens is 266 g/mol. The molecule has 2 rings (SSSR count). The predicted molar refractivity (Wildman–Crippen MR) is 84.4 cm³/mol. The van der Waals surface area contributed by atoms with Crippen LogP contribution < -0.4 is 10.2 Å². The molecule has 1 aromatic rings. The molecule has 1 aliphatic heterocycles. The average Bonchev–Trinajstić information content (AvgIpc) is 2.41. The molecule has 2 amide bonds. The van der Waals surface area contributed by atoms with Gasteiger partial charge >= 0.3 is 6.03 Å². The normalized spacial score (nSPS) is 16.9. The van der Waals surface area contributed by atoms with Crippen LogP contribution in [0.2, 0.25) is 0 Å². The van der Waals surface area contributed by atoms with Gasteiger partial charge in [0.05, 0.1) is 18.3 Å². The number of aliphatic hydroxyl groups excluding tert-OH is 1. The molecule has 2 N–H and O–H groups in total. The van der Waals surface area contributed by atoms with Crippen LogP contribution in [0.25, 0.3) is 0 Å². The number of rotatable bonds is 4. The lowest BCUT2D eigenvalue weighted by molar-refractivity contribution is 0.159. The number of hydrogen-bond acceptors (Lipinski definition) is 3. The van der Waals surface area contributed by atoms with Crippen LogP contribution in [0.3, 0.4) is 0 Å². The third-order valence-electron chi connectivity index (χ3n) is 3.51. The fourth-order valence-electron chi connectivity index (χ4n) is 2.42. The number of anilines is 1. The second kappa shape index (κ2) is 6.03. The number of benzene rings is 1. The molecule has 1 aliphatic rings. The Morgan fingerprint density at radius 3 is 2.67 bits per heavy atom. The number of nitrogens with zero attached hydrogens (tertiary/aromatic N) is 2. The number of carbonyl (C=O) groups excluding carboxylic acids is 1. The Labute approximate surface area is 126 Å². The van der Waals surface area contributed by atoms with Gasteiger partial charge in [-0.1, -0.05) is 18.2 Å². The molecule has 0 aliphatic carbocycles. The van der Waals surface area contributed by atoms with Crippen LogP contribution in [0.15, 0.2) is 24.3 Å². The predicted octanol–water partition coefficient (Wildman–Crippen LogP) is 1.81. The van der Waals surface area contributed by atoms with Crippen molar-refractivity contribution in [2.24, 2.45) is 0 Å². The van der Waals surface area contributed by atoms with E-state index in [9.17, 15) is 9.90 Å². The van der Waals surface area contributed by atoms with Crippen molar-refractivity contribution in [3.8, 4) is 0 Å². The van der Waals surface area contributed by atoms with Crippen LogP contribution in [0.4, 0.5) is 10.5 Å². The Morgan fingerprint density at radius 2 is 2.00 bits per heavy atom. The quantitative estimate of drug-likeness (QED) is 0.889. The summed E-state index contributed by atoms with van der Waals surface area (Å²) >= 11 is 0. The summed E-state index contributed by atoms with van der Waals surface area (Å²) < 4.78 is 0. The minimum atomic E-state index is -0.604. The minimum Gasteiger partial charge on any atom is -0.390 e. The van der Waals surface area contributed by atoms with Gasteiger partial charge < -0.3 is 15.3 Å². The molecular formula is C16H25N3O2. The largest absolute Gasteiger partial charge is 0.390 e. The molecule has 21 heavy (non-hydrogen) atoms. The molecule has 0 aromatic heterocycles. The number of fused-ring (bicyclic) bond motifs is 1. The van der Waals surface area contributed by atoms with Crippen molar-refractivity contribution >= 4 is 11.7 Å². The topological polar surface area (TPSA) is 55.8 Å². The molecule has 1 aromatic carbocycles. The second-order valence-electron chi connectivity index (χ2n) is 6.66. The summed E-state index contributed by atoms with van der Waals surface area (Å²) in [5.74, 6) is 0. The highest BCUT2D eigenvalue weighted by molar-refractivity contribution is 5.94. The van der Waals surface area contributed by atoms with Gasteiger partial charge in [-0.15, -0.1) is 0 Å². The zero-order chi connectivity index (χ0) is 15.6. The maximum absolute atomic E-state index is 12.3. The van der Waals surface area contributed by atoms with Gasteiger partial charge in [0.2, 0.25) is 0 Å². The number of nitrogens with one attached hydrogen (secondary N) is 1. The zero-order valence-corrected chi connectivity index (χ0v) is 13.3. The van der Waals surface area contributed by atoms with Crippen molar-refractivity contribution in [1.82, 2.24) is 10.2 Å². The number of hydrogen-bond donors (Lipinski definition) is 2. The first-order valence-electron chi connectivity index (χ1n) is 7.31. The van der Waals surface area contributed by atoms with Gasteiger partial charge in [-0.05, 0) is 32.4 Å². The molecule has 5 heteroatoms. The van der Waals surface area contributed by atoms with E-state index in [-0.39, 0.29) is 11.6 Å². The van der Waals surface area contributed by atoms with Crippen LogP contribution in [0, 0.1) is 0 Å². The second-order valence-corrected chi connectivity index (χ2v) is 6.66. The van der Waals surface area contributed by atoms with Crippen LogP contribution in [-0.4, -0.2) is 47.8 Å². The summed E-state index contributed by atoms with van der Waals surface area (Å²) in [6.07, 6.45) is -0.604. The monoisotopic (exact) mass is 291 g/mol. The van der Waals surface area contributed by atoms with Crippen LogP contribution in [0.5, 0.6) is 0 Å². The van der Waals surface area contributed by atoms with Gasteiger partial charge in [-0.3, -0.25) is 4.90 Å². The molecule has 5 nitrogen and oxygen atoms in total. The standard InChI is InChI=1S/C16H25N3O2/c1-16(2,3)17-9-13(20)11-19-14-8-6-5-7-12(14)10-18(4)15(19)21/h5-8,13,17,20H,9-11H2,1-4H3. The fraction of sp³-hybridized carbons (Fsp3) is 0.562. The fourth-order valence-corrected chi connectivity index (χ4v) is 2.42. The first kappa shape index (κ1) is 15.8. The van der Waals surface area contributed by atoms with Crippen LogP contribution >= 0.6 is 0 Å². The Kier molecular flexibility index (Phi) is 4.54. The molecule has 0 spiro atoms. The number of para-hydroxylation sites is 1. The van der Waals surface area contributed by atoms with E-state index in [1.165, 1.54) is 0 Å². The summed E-state index contributed by atoms with van der Waals surface area (Å²) in [5, 5.41) is 13.5. The lowest BCUT2D eigenvalue weighted by Crippen LogP contribution is -2.51. The van der Waals surface area contributed by atoms with Crippen molar-refractivity contribution in [2.45, 2.75) is 39.0 Å². The van der Waals surface area contributed by atoms with E-state index in [1.807, 2.05) is 24.3 Å². The maximum Gasteiger partial charge on any atom is 0.324 e. The maximum atomic E-state index is 12.3. The Balaban J connectivity index is 2.09. The van der Waals surface area contributed by atoms with E-state index < -0.39 is 6.10 Å². The number of amides is 2. The molecule has 1 unspecified atom stereocenters. The summed E-state index contributed by atoms with van der Waals surface area (Å²) in [6.45, 7) is 7.52. The minimum absolute atomic E-state index is 0.0540. The first-order chi connectivity index (χ1) is 9.78. The van der Waals surface area contributed by atoms with E-state index >= 15 is 0 Å². The smallest absolute Gasteiger partial charge is 0.324 e.